The van der Waals surface area contributed by atoms with Gasteiger partial charge in [-0.15, -0.1) is 0 Å². The number of carboxylic acid groups (broad SMARTS) is 1. The second-order valence-electron chi connectivity index (χ2n) is 12.1. The molecule has 6 N–H and O–H groups in total. The second kappa shape index (κ2) is 7.49. The summed E-state index contributed by atoms with van der Waals surface area (Å²) in [5.41, 5.74) is -3.68. The Kier molecular flexibility index (Phi) is 5.15. The summed E-state index contributed by atoms with van der Waals surface area (Å²) in [4.78, 5) is 26.4. The zero-order valence-electron chi connectivity index (χ0n) is 20.1. The van der Waals surface area contributed by atoms with E-state index in [9.17, 15) is 40.2 Å². The van der Waals surface area contributed by atoms with Crippen molar-refractivity contribution in [3.8, 4) is 0 Å². The Hall–Kier alpha value is -1.60. The van der Waals surface area contributed by atoms with Gasteiger partial charge in [0, 0.05) is 11.8 Å². The second-order valence-corrected chi connectivity index (χ2v) is 12.1. The Labute approximate surface area is 207 Å². The van der Waals surface area contributed by atoms with Gasteiger partial charge >= 0.3 is 11.9 Å². The molecule has 11 nitrogen and oxygen atoms in total. The molecule has 4 bridgehead atoms. The number of carbonyl (C=O) groups excluding carboxylic acids is 1. The number of carbonyl (C=O) groups is 2. The van der Waals surface area contributed by atoms with Crippen LogP contribution in [0, 0.1) is 28.6 Å². The van der Waals surface area contributed by atoms with Gasteiger partial charge in [-0.05, 0) is 56.4 Å². The minimum Gasteiger partial charge on any atom is -0.481 e. The summed E-state index contributed by atoms with van der Waals surface area (Å²) in [7, 11) is 0. The molecular formula is C25H34O11. The monoisotopic (exact) mass is 510 g/mol. The predicted octanol–water partition coefficient (Wildman–Crippen LogP) is -0.925. The molecule has 6 fully saturated rings. The SMILES string of the molecule is C=C1C[C@@]23C[C@]1(O)CC[C@@H]2[C@]12CC[C@@H](O[C@@H]4O[C@@H](CO)[C@H](O)[C@@H](O)[C@@H]4O)C(C)(C(=O)O1)[C@@H]2[C@H]3C(=O)O. The summed E-state index contributed by atoms with van der Waals surface area (Å²) in [6, 6.07) is 0. The molecule has 0 aromatic carbocycles. The van der Waals surface area contributed by atoms with Crippen molar-refractivity contribution in [3.05, 3.63) is 12.2 Å². The third kappa shape index (κ3) is 2.72. The number of rotatable bonds is 4. The van der Waals surface area contributed by atoms with E-state index in [1.807, 2.05) is 0 Å². The van der Waals surface area contributed by atoms with E-state index in [1.54, 1.807) is 6.92 Å². The highest BCUT2D eigenvalue weighted by Crippen LogP contribution is 2.78. The molecule has 13 atom stereocenters. The molecule has 2 saturated heterocycles. The number of hydrogen-bond donors (Lipinski definition) is 6. The lowest BCUT2D eigenvalue weighted by molar-refractivity contribution is -0.322. The molecule has 6 aliphatic rings. The van der Waals surface area contributed by atoms with Crippen LogP contribution in [-0.4, -0.2) is 97.2 Å². The molecule has 4 saturated carbocycles. The largest absolute Gasteiger partial charge is 0.481 e. The van der Waals surface area contributed by atoms with Gasteiger partial charge in [-0.3, -0.25) is 9.59 Å². The summed E-state index contributed by atoms with van der Waals surface area (Å²) in [6.07, 6.45) is -6.13. The number of esters is 1. The number of fused-ring (bicyclic) bond motifs is 1. The van der Waals surface area contributed by atoms with E-state index < -0.39 is 89.2 Å². The van der Waals surface area contributed by atoms with Crippen molar-refractivity contribution in [2.45, 2.75) is 93.5 Å². The highest BCUT2D eigenvalue weighted by molar-refractivity contribution is 5.85. The maximum atomic E-state index is 13.5. The van der Waals surface area contributed by atoms with Crippen LogP contribution in [0.25, 0.3) is 0 Å². The number of carboxylic acids is 1. The van der Waals surface area contributed by atoms with Crippen molar-refractivity contribution >= 4 is 11.9 Å². The van der Waals surface area contributed by atoms with Crippen LogP contribution in [0.2, 0.25) is 0 Å². The van der Waals surface area contributed by atoms with Crippen LogP contribution < -0.4 is 0 Å². The lowest BCUT2D eigenvalue weighted by atomic mass is 9.59. The lowest BCUT2D eigenvalue weighted by Gasteiger charge is -2.48. The van der Waals surface area contributed by atoms with Gasteiger partial charge in [0.1, 0.15) is 30.0 Å². The van der Waals surface area contributed by atoms with Crippen molar-refractivity contribution in [1.82, 2.24) is 0 Å². The first-order valence-corrected chi connectivity index (χ1v) is 12.7. The third-order valence-electron chi connectivity index (χ3n) is 10.7. The van der Waals surface area contributed by atoms with Crippen LogP contribution in [0.5, 0.6) is 0 Å². The molecule has 4 aliphatic carbocycles. The van der Waals surface area contributed by atoms with Gasteiger partial charge in [0.05, 0.1) is 29.6 Å². The molecular weight excluding hydrogens is 476 g/mol. The van der Waals surface area contributed by atoms with E-state index in [1.165, 1.54) is 0 Å². The fraction of sp³-hybridized carbons (Fsp3) is 0.840. The molecule has 200 valence electrons. The van der Waals surface area contributed by atoms with Crippen LogP contribution in [-0.2, 0) is 23.8 Å². The summed E-state index contributed by atoms with van der Waals surface area (Å²) in [5, 5.41) is 62.1. The van der Waals surface area contributed by atoms with Gasteiger partial charge in [-0.1, -0.05) is 6.58 Å². The highest BCUT2D eigenvalue weighted by Gasteiger charge is 2.84. The van der Waals surface area contributed by atoms with Crippen LogP contribution in [0.1, 0.15) is 45.4 Å². The van der Waals surface area contributed by atoms with E-state index in [0.29, 0.717) is 37.7 Å². The number of aliphatic hydroxyl groups excluding tert-OH is 4. The third-order valence-corrected chi connectivity index (χ3v) is 10.7. The van der Waals surface area contributed by atoms with Crippen molar-refractivity contribution in [1.29, 1.82) is 0 Å². The van der Waals surface area contributed by atoms with Crippen LogP contribution in [0.15, 0.2) is 12.2 Å². The summed E-state index contributed by atoms with van der Waals surface area (Å²) in [5.74, 6) is -3.58. The number of hydrogen-bond acceptors (Lipinski definition) is 10. The normalized spacial score (nSPS) is 57.3. The molecule has 6 rings (SSSR count). The van der Waals surface area contributed by atoms with Gasteiger partial charge in [0.15, 0.2) is 6.29 Å². The van der Waals surface area contributed by atoms with Crippen LogP contribution in [0.4, 0.5) is 0 Å². The molecule has 2 aliphatic heterocycles. The Morgan fingerprint density at radius 3 is 2.56 bits per heavy atom. The van der Waals surface area contributed by atoms with Crippen molar-refractivity contribution in [3.63, 3.8) is 0 Å². The Bertz CT molecular complexity index is 1010. The van der Waals surface area contributed by atoms with Crippen LogP contribution >= 0.6 is 0 Å². The Balaban J connectivity index is 1.39. The van der Waals surface area contributed by atoms with E-state index in [-0.39, 0.29) is 12.3 Å². The van der Waals surface area contributed by atoms with Crippen molar-refractivity contribution in [2.24, 2.45) is 28.6 Å². The molecule has 0 aromatic heterocycles. The van der Waals surface area contributed by atoms with Crippen molar-refractivity contribution < 1.29 is 54.4 Å². The minimum atomic E-state index is -1.65. The topological polar surface area (TPSA) is 183 Å². The molecule has 0 amide bonds. The quantitative estimate of drug-likeness (QED) is 0.203. The van der Waals surface area contributed by atoms with E-state index in [0.717, 1.165) is 0 Å². The van der Waals surface area contributed by atoms with Gasteiger partial charge in [0.2, 0.25) is 0 Å². The standard InChI is InChI=1S/C25H34O11/c1-10-7-23-9-24(10,33)5-3-12(23)25-6-4-13(22(2,21(32)36-25)18(25)14(23)19(30)31)35-20-17(29)16(28)15(27)11(8-26)34-20/h11-18,20,26-29,33H,1,3-9H2,2H3,(H,30,31)/t11-,12-,13+,14-,15-,16+,17-,18-,20-,22?,23+,24+,25-/m0/s1. The smallest absolute Gasteiger partial charge is 0.315 e. The van der Waals surface area contributed by atoms with Crippen LogP contribution in [0.3, 0.4) is 0 Å². The zero-order valence-corrected chi connectivity index (χ0v) is 20.1. The highest BCUT2D eigenvalue weighted by atomic mass is 16.7. The lowest BCUT2D eigenvalue weighted by Crippen LogP contribution is -2.62. The average molecular weight is 511 g/mol. The molecule has 1 unspecified atom stereocenters. The van der Waals surface area contributed by atoms with Gasteiger partial charge in [-0.25, -0.2) is 0 Å². The summed E-state index contributed by atoms with van der Waals surface area (Å²) < 4.78 is 17.8. The predicted molar refractivity (Wildman–Crippen MR) is 118 cm³/mol. The summed E-state index contributed by atoms with van der Waals surface area (Å²) >= 11 is 0. The van der Waals surface area contributed by atoms with Gasteiger partial charge < -0.3 is 44.8 Å². The molecule has 0 radical (unpaired) electrons. The van der Waals surface area contributed by atoms with E-state index >= 15 is 0 Å². The van der Waals surface area contributed by atoms with Gasteiger partial charge in [-0.2, -0.15) is 0 Å². The van der Waals surface area contributed by atoms with E-state index in [4.69, 9.17) is 14.2 Å². The van der Waals surface area contributed by atoms with Crippen molar-refractivity contribution in [2.75, 3.05) is 6.61 Å². The van der Waals surface area contributed by atoms with Gasteiger partial charge in [0.25, 0.3) is 0 Å². The Morgan fingerprint density at radius 2 is 1.89 bits per heavy atom. The first kappa shape index (κ1) is 24.7. The molecule has 1 spiro atoms. The minimum absolute atomic E-state index is 0.241. The number of ether oxygens (including phenoxy) is 3. The fourth-order valence-electron chi connectivity index (χ4n) is 9.18. The fourth-order valence-corrected chi connectivity index (χ4v) is 9.18. The summed E-state index contributed by atoms with van der Waals surface area (Å²) in [6.45, 7) is 5.08. The molecule has 2 heterocycles. The van der Waals surface area contributed by atoms with E-state index in [2.05, 4.69) is 6.58 Å². The first-order chi connectivity index (χ1) is 16.9. The Morgan fingerprint density at radius 1 is 1.17 bits per heavy atom. The number of aliphatic carboxylic acids is 1. The molecule has 0 aromatic rings. The maximum absolute atomic E-state index is 13.5. The average Bonchev–Trinajstić information content (AvgIpc) is 3.24. The maximum Gasteiger partial charge on any atom is 0.315 e. The first-order valence-electron chi connectivity index (χ1n) is 12.7. The molecule has 36 heavy (non-hydrogen) atoms. The zero-order chi connectivity index (χ0) is 26.0. The molecule has 11 heteroatoms. The number of aliphatic hydroxyl groups is 5.